The lowest BCUT2D eigenvalue weighted by Crippen LogP contribution is -2.21. The lowest BCUT2D eigenvalue weighted by Gasteiger charge is -2.23. The van der Waals surface area contributed by atoms with E-state index in [1.807, 2.05) is 0 Å². The summed E-state index contributed by atoms with van der Waals surface area (Å²) < 4.78 is 1.13. The summed E-state index contributed by atoms with van der Waals surface area (Å²) in [6, 6.07) is 19.0. The Balaban J connectivity index is 2.13. The van der Waals surface area contributed by atoms with E-state index < -0.39 is 0 Å². The molecule has 0 N–H and O–H groups in total. The molecule has 0 aliphatic carbocycles. The molecule has 1 nitrogen and oxygen atoms in total. The van der Waals surface area contributed by atoms with Gasteiger partial charge in [-0.25, -0.2) is 0 Å². The average Bonchev–Trinajstić information content (AvgIpc) is 2.39. The van der Waals surface area contributed by atoms with E-state index >= 15 is 0 Å². The summed E-state index contributed by atoms with van der Waals surface area (Å²) in [5.41, 5.74) is 2.61. The van der Waals surface area contributed by atoms with Crippen LogP contribution >= 0.6 is 15.9 Å². The van der Waals surface area contributed by atoms with Gasteiger partial charge in [-0.1, -0.05) is 46.3 Å². The van der Waals surface area contributed by atoms with Crippen LogP contribution in [0.15, 0.2) is 59.1 Å². The second-order valence-corrected chi connectivity index (χ2v) is 4.89. The summed E-state index contributed by atoms with van der Waals surface area (Å²) in [5, 5.41) is 0. The summed E-state index contributed by atoms with van der Waals surface area (Å²) in [4.78, 5) is 2.36. The van der Waals surface area contributed by atoms with Gasteiger partial charge >= 0.3 is 0 Å². The summed E-state index contributed by atoms with van der Waals surface area (Å²) in [6.07, 6.45) is 0. The standard InChI is InChI=1S/C15H16BrN/c1-2-17(15-6-4-3-5-7-15)12-13-8-10-14(16)11-9-13/h3-11H,2,12H2,1H3. The summed E-state index contributed by atoms with van der Waals surface area (Å²) in [5.74, 6) is 0. The zero-order valence-electron chi connectivity index (χ0n) is 9.94. The van der Waals surface area contributed by atoms with E-state index in [9.17, 15) is 0 Å². The van der Waals surface area contributed by atoms with Crippen LogP contribution in [-0.2, 0) is 6.54 Å². The first-order valence-corrected chi connectivity index (χ1v) is 6.63. The molecule has 17 heavy (non-hydrogen) atoms. The number of hydrogen-bond donors (Lipinski definition) is 0. The molecule has 0 saturated heterocycles. The lowest BCUT2D eigenvalue weighted by atomic mass is 10.2. The van der Waals surface area contributed by atoms with E-state index in [-0.39, 0.29) is 0 Å². The molecule has 0 amide bonds. The Bertz CT molecular complexity index is 450. The smallest absolute Gasteiger partial charge is 0.0429 e. The Hall–Kier alpha value is -1.28. The average molecular weight is 290 g/mol. The minimum atomic E-state index is 0.952. The third-order valence-corrected chi connectivity index (χ3v) is 3.32. The minimum Gasteiger partial charge on any atom is -0.367 e. The fraction of sp³-hybridized carbons (Fsp3) is 0.200. The van der Waals surface area contributed by atoms with Crippen molar-refractivity contribution in [3.63, 3.8) is 0 Å². The van der Waals surface area contributed by atoms with Crippen molar-refractivity contribution in [2.45, 2.75) is 13.5 Å². The van der Waals surface area contributed by atoms with Gasteiger partial charge in [0.2, 0.25) is 0 Å². The second-order valence-electron chi connectivity index (χ2n) is 3.98. The summed E-state index contributed by atoms with van der Waals surface area (Å²) in [6.45, 7) is 4.15. The van der Waals surface area contributed by atoms with E-state index in [0.29, 0.717) is 0 Å². The fourth-order valence-corrected chi connectivity index (χ4v) is 2.10. The van der Waals surface area contributed by atoms with Gasteiger partial charge in [-0.05, 0) is 36.8 Å². The quantitative estimate of drug-likeness (QED) is 0.802. The molecular formula is C15H16BrN. The molecule has 0 unspecified atom stereocenters. The highest BCUT2D eigenvalue weighted by Crippen LogP contribution is 2.17. The molecule has 0 radical (unpaired) electrons. The molecule has 0 fully saturated rings. The molecule has 0 atom stereocenters. The molecule has 0 aromatic heterocycles. The van der Waals surface area contributed by atoms with E-state index in [1.54, 1.807) is 0 Å². The molecule has 0 saturated carbocycles. The van der Waals surface area contributed by atoms with Gasteiger partial charge in [0, 0.05) is 23.2 Å². The number of halogens is 1. The first-order valence-electron chi connectivity index (χ1n) is 5.84. The maximum Gasteiger partial charge on any atom is 0.0429 e. The molecular weight excluding hydrogens is 274 g/mol. The summed E-state index contributed by atoms with van der Waals surface area (Å²) >= 11 is 3.46. The Morgan fingerprint density at radius 1 is 0.941 bits per heavy atom. The zero-order valence-corrected chi connectivity index (χ0v) is 11.5. The number of benzene rings is 2. The van der Waals surface area contributed by atoms with E-state index in [0.717, 1.165) is 17.6 Å². The number of rotatable bonds is 4. The van der Waals surface area contributed by atoms with Crippen molar-refractivity contribution in [2.24, 2.45) is 0 Å². The molecule has 2 aromatic rings. The van der Waals surface area contributed by atoms with Gasteiger partial charge in [0.25, 0.3) is 0 Å². The molecule has 0 bridgehead atoms. The van der Waals surface area contributed by atoms with Gasteiger partial charge in [0.05, 0.1) is 0 Å². The fourth-order valence-electron chi connectivity index (χ4n) is 1.83. The van der Waals surface area contributed by atoms with Crippen molar-refractivity contribution in [2.75, 3.05) is 11.4 Å². The van der Waals surface area contributed by atoms with Gasteiger partial charge in [0.15, 0.2) is 0 Å². The third-order valence-electron chi connectivity index (χ3n) is 2.79. The predicted octanol–water partition coefficient (Wildman–Crippen LogP) is 4.48. The molecule has 0 aliphatic heterocycles. The van der Waals surface area contributed by atoms with Gasteiger partial charge in [-0.2, -0.15) is 0 Å². The monoisotopic (exact) mass is 289 g/mol. The maximum atomic E-state index is 3.46. The highest BCUT2D eigenvalue weighted by molar-refractivity contribution is 9.10. The third kappa shape index (κ3) is 3.34. The predicted molar refractivity (Wildman–Crippen MR) is 77.3 cm³/mol. The Morgan fingerprint density at radius 3 is 2.18 bits per heavy atom. The topological polar surface area (TPSA) is 3.24 Å². The maximum absolute atomic E-state index is 3.46. The second kappa shape index (κ2) is 5.87. The van der Waals surface area contributed by atoms with Gasteiger partial charge in [-0.15, -0.1) is 0 Å². The van der Waals surface area contributed by atoms with Gasteiger partial charge in [-0.3, -0.25) is 0 Å². The highest BCUT2D eigenvalue weighted by Gasteiger charge is 2.04. The molecule has 2 aromatic carbocycles. The van der Waals surface area contributed by atoms with Crippen LogP contribution < -0.4 is 4.90 Å². The van der Waals surface area contributed by atoms with Crippen LogP contribution in [0.1, 0.15) is 12.5 Å². The van der Waals surface area contributed by atoms with Crippen LogP contribution in [0.2, 0.25) is 0 Å². The SMILES string of the molecule is CCN(Cc1ccc(Br)cc1)c1ccccc1. The first kappa shape index (κ1) is 12.2. The lowest BCUT2D eigenvalue weighted by molar-refractivity contribution is 0.832. The normalized spacial score (nSPS) is 10.2. The Labute approximate surface area is 111 Å². The number of para-hydroxylation sites is 1. The van der Waals surface area contributed by atoms with Crippen molar-refractivity contribution >= 4 is 21.6 Å². The Morgan fingerprint density at radius 2 is 1.59 bits per heavy atom. The van der Waals surface area contributed by atoms with Crippen LogP contribution in [0.25, 0.3) is 0 Å². The number of nitrogens with zero attached hydrogens (tertiary/aromatic N) is 1. The van der Waals surface area contributed by atoms with E-state index in [1.165, 1.54) is 11.3 Å². The molecule has 2 heteroatoms. The summed E-state index contributed by atoms with van der Waals surface area (Å²) in [7, 11) is 0. The van der Waals surface area contributed by atoms with Crippen LogP contribution in [0.5, 0.6) is 0 Å². The van der Waals surface area contributed by atoms with Crippen molar-refractivity contribution in [3.8, 4) is 0 Å². The van der Waals surface area contributed by atoms with E-state index in [2.05, 4.69) is 82.4 Å². The van der Waals surface area contributed by atoms with Crippen molar-refractivity contribution < 1.29 is 0 Å². The Kier molecular flexibility index (Phi) is 4.21. The van der Waals surface area contributed by atoms with E-state index in [4.69, 9.17) is 0 Å². The molecule has 0 aliphatic rings. The van der Waals surface area contributed by atoms with Crippen LogP contribution in [-0.4, -0.2) is 6.54 Å². The first-order chi connectivity index (χ1) is 8.29. The molecule has 0 spiro atoms. The van der Waals surface area contributed by atoms with Crippen molar-refractivity contribution in [3.05, 3.63) is 64.6 Å². The van der Waals surface area contributed by atoms with Crippen LogP contribution in [0.3, 0.4) is 0 Å². The van der Waals surface area contributed by atoms with Crippen LogP contribution in [0, 0.1) is 0 Å². The van der Waals surface area contributed by atoms with Crippen molar-refractivity contribution in [1.29, 1.82) is 0 Å². The van der Waals surface area contributed by atoms with Gasteiger partial charge < -0.3 is 4.90 Å². The minimum absolute atomic E-state index is 0.952. The largest absolute Gasteiger partial charge is 0.367 e. The highest BCUT2D eigenvalue weighted by atomic mass is 79.9. The molecule has 88 valence electrons. The van der Waals surface area contributed by atoms with Gasteiger partial charge in [0.1, 0.15) is 0 Å². The van der Waals surface area contributed by atoms with Crippen molar-refractivity contribution in [1.82, 2.24) is 0 Å². The molecule has 2 rings (SSSR count). The van der Waals surface area contributed by atoms with Crippen LogP contribution in [0.4, 0.5) is 5.69 Å². The number of hydrogen-bond acceptors (Lipinski definition) is 1. The molecule has 0 heterocycles. The number of anilines is 1. The zero-order chi connectivity index (χ0) is 12.1.